The fourth-order valence-electron chi connectivity index (χ4n) is 3.33. The van der Waals surface area contributed by atoms with Crippen LogP contribution in [-0.4, -0.2) is 10.5 Å². The number of halogens is 3. The zero-order chi connectivity index (χ0) is 18.4. The van der Waals surface area contributed by atoms with Crippen LogP contribution in [0.15, 0.2) is 54.6 Å². The van der Waals surface area contributed by atoms with E-state index in [1.807, 2.05) is 0 Å². The Bertz CT molecular complexity index is 1160. The minimum atomic E-state index is -0.631. The third-order valence-corrected chi connectivity index (χ3v) is 4.73. The lowest BCUT2D eigenvalue weighted by molar-refractivity contribution is 0.100. The molecule has 4 aromatic rings. The zero-order valence-corrected chi connectivity index (χ0v) is 14.2. The number of nitrogens with two attached hydrogens (primary N) is 1. The minimum Gasteiger partial charge on any atom is -0.366 e. The zero-order valence-electron chi connectivity index (χ0n) is 13.5. The van der Waals surface area contributed by atoms with Gasteiger partial charge < -0.3 is 10.3 Å². The number of amides is 1. The van der Waals surface area contributed by atoms with Gasteiger partial charge in [-0.15, -0.1) is 0 Å². The average molecular weight is 371 g/mol. The van der Waals surface area contributed by atoms with Gasteiger partial charge in [-0.25, -0.2) is 8.78 Å². The minimum absolute atomic E-state index is 0.0406. The monoisotopic (exact) mass is 370 g/mol. The van der Waals surface area contributed by atoms with Crippen LogP contribution in [0.1, 0.15) is 15.9 Å². The molecular weight excluding hydrogens is 358 g/mol. The number of nitrogens with zero attached hydrogens (tertiary/aromatic N) is 1. The molecule has 0 aliphatic rings. The van der Waals surface area contributed by atoms with Gasteiger partial charge in [0, 0.05) is 26.9 Å². The van der Waals surface area contributed by atoms with E-state index < -0.39 is 17.5 Å². The predicted molar refractivity (Wildman–Crippen MR) is 98.4 cm³/mol. The van der Waals surface area contributed by atoms with E-state index in [0.717, 1.165) is 5.39 Å². The first kappa shape index (κ1) is 16.5. The van der Waals surface area contributed by atoms with Crippen LogP contribution in [0, 0.1) is 11.6 Å². The molecule has 130 valence electrons. The fourth-order valence-corrected chi connectivity index (χ4v) is 3.50. The highest BCUT2D eigenvalue weighted by atomic mass is 35.5. The predicted octanol–water partition coefficient (Wildman–Crippen LogP) is 4.87. The fraction of sp³-hybridized carbons (Fsp3) is 0.0500. The number of benzene rings is 3. The van der Waals surface area contributed by atoms with Crippen LogP contribution in [0.2, 0.25) is 5.02 Å². The number of primary amides is 1. The van der Waals surface area contributed by atoms with Crippen molar-refractivity contribution < 1.29 is 13.6 Å². The summed E-state index contributed by atoms with van der Waals surface area (Å²) in [5, 5.41) is 1.87. The van der Waals surface area contributed by atoms with Gasteiger partial charge in [-0.05, 0) is 36.4 Å². The summed E-state index contributed by atoms with van der Waals surface area (Å²) in [6, 6.07) is 14.1. The summed E-state index contributed by atoms with van der Waals surface area (Å²) in [6.07, 6.45) is 0. The summed E-state index contributed by atoms with van der Waals surface area (Å²) in [4.78, 5) is 11.9. The van der Waals surface area contributed by atoms with Gasteiger partial charge in [0.1, 0.15) is 11.6 Å². The summed E-state index contributed by atoms with van der Waals surface area (Å²) >= 11 is 6.13. The number of hydrogen-bond donors (Lipinski definition) is 1. The third kappa shape index (κ3) is 2.52. The lowest BCUT2D eigenvalue weighted by Gasteiger charge is -2.10. The van der Waals surface area contributed by atoms with Crippen LogP contribution in [0.3, 0.4) is 0 Å². The van der Waals surface area contributed by atoms with Gasteiger partial charge in [-0.2, -0.15) is 0 Å². The van der Waals surface area contributed by atoms with Gasteiger partial charge in [0.05, 0.1) is 17.6 Å². The van der Waals surface area contributed by atoms with Crippen molar-refractivity contribution in [3.63, 3.8) is 0 Å². The largest absolute Gasteiger partial charge is 0.366 e. The molecule has 1 aromatic heterocycles. The molecule has 0 saturated heterocycles. The SMILES string of the molecule is NC(=O)c1cccc2c1c1ccc(Cl)cc1n2Cc1c(F)cccc1F. The van der Waals surface area contributed by atoms with Crippen molar-refractivity contribution in [3.05, 3.63) is 82.4 Å². The van der Waals surface area contributed by atoms with E-state index >= 15 is 0 Å². The lowest BCUT2D eigenvalue weighted by atomic mass is 10.1. The van der Waals surface area contributed by atoms with E-state index in [0.29, 0.717) is 27.0 Å². The highest BCUT2D eigenvalue weighted by Gasteiger charge is 2.18. The summed E-state index contributed by atoms with van der Waals surface area (Å²) in [6.45, 7) is -0.0406. The standard InChI is InChI=1S/C20H13ClF2N2O/c21-11-7-8-12-18(9-11)25(10-14-15(22)4-2-5-16(14)23)17-6-1-3-13(19(12)17)20(24)26/h1-9H,10H2,(H2,24,26). The smallest absolute Gasteiger partial charge is 0.249 e. The second kappa shape index (κ2) is 6.11. The molecule has 0 unspecified atom stereocenters. The van der Waals surface area contributed by atoms with Crippen molar-refractivity contribution in [3.8, 4) is 0 Å². The van der Waals surface area contributed by atoms with Crippen molar-refractivity contribution >= 4 is 39.3 Å². The second-order valence-corrected chi connectivity index (χ2v) is 6.45. The molecule has 0 bridgehead atoms. The Labute approximate surface area is 152 Å². The first-order valence-electron chi connectivity index (χ1n) is 7.90. The summed E-state index contributed by atoms with van der Waals surface area (Å²) in [5.41, 5.74) is 7.13. The molecular formula is C20H13ClF2N2O. The first-order chi connectivity index (χ1) is 12.5. The van der Waals surface area contributed by atoms with Crippen molar-refractivity contribution in [2.45, 2.75) is 6.54 Å². The maximum atomic E-state index is 14.2. The molecule has 0 fully saturated rings. The molecule has 1 amide bonds. The number of carbonyl (C=O) groups excluding carboxylic acids is 1. The molecule has 4 rings (SSSR count). The van der Waals surface area contributed by atoms with Crippen LogP contribution in [-0.2, 0) is 6.54 Å². The van der Waals surface area contributed by atoms with Gasteiger partial charge in [0.15, 0.2) is 0 Å². The highest BCUT2D eigenvalue weighted by molar-refractivity contribution is 6.32. The summed E-state index contributed by atoms with van der Waals surface area (Å²) < 4.78 is 30.1. The van der Waals surface area contributed by atoms with Crippen LogP contribution in [0.25, 0.3) is 21.8 Å². The van der Waals surface area contributed by atoms with Crippen molar-refractivity contribution in [1.82, 2.24) is 4.57 Å². The summed E-state index contributed by atoms with van der Waals surface area (Å²) in [7, 11) is 0. The lowest BCUT2D eigenvalue weighted by Crippen LogP contribution is -2.11. The van der Waals surface area contributed by atoms with Gasteiger partial charge in [0.2, 0.25) is 5.91 Å². The van der Waals surface area contributed by atoms with E-state index in [9.17, 15) is 13.6 Å². The number of rotatable bonds is 3. The van der Waals surface area contributed by atoms with E-state index in [1.165, 1.54) is 18.2 Å². The molecule has 3 nitrogen and oxygen atoms in total. The van der Waals surface area contributed by atoms with E-state index in [1.54, 1.807) is 41.0 Å². The number of carbonyl (C=O) groups is 1. The first-order valence-corrected chi connectivity index (χ1v) is 8.28. The van der Waals surface area contributed by atoms with Gasteiger partial charge in [0.25, 0.3) is 0 Å². The topological polar surface area (TPSA) is 48.0 Å². The molecule has 3 aromatic carbocycles. The maximum Gasteiger partial charge on any atom is 0.249 e. The third-order valence-electron chi connectivity index (χ3n) is 4.50. The average Bonchev–Trinajstić information content (AvgIpc) is 2.91. The maximum absolute atomic E-state index is 14.2. The molecule has 0 atom stereocenters. The molecule has 0 spiro atoms. The number of fused-ring (bicyclic) bond motifs is 3. The van der Waals surface area contributed by atoms with Gasteiger partial charge in [-0.3, -0.25) is 4.79 Å². The van der Waals surface area contributed by atoms with Gasteiger partial charge >= 0.3 is 0 Å². The number of hydrogen-bond acceptors (Lipinski definition) is 1. The van der Waals surface area contributed by atoms with Crippen LogP contribution >= 0.6 is 11.6 Å². The Hall–Kier alpha value is -2.92. The Balaban J connectivity index is 2.09. The molecule has 1 heterocycles. The molecule has 0 radical (unpaired) electrons. The highest BCUT2D eigenvalue weighted by Crippen LogP contribution is 2.34. The molecule has 2 N–H and O–H groups in total. The van der Waals surface area contributed by atoms with Crippen molar-refractivity contribution in [2.24, 2.45) is 5.73 Å². The molecule has 26 heavy (non-hydrogen) atoms. The molecule has 0 aliphatic carbocycles. The quantitative estimate of drug-likeness (QED) is 0.549. The molecule has 0 saturated carbocycles. The van der Waals surface area contributed by atoms with Crippen molar-refractivity contribution in [2.75, 3.05) is 0 Å². The molecule has 6 heteroatoms. The van der Waals surface area contributed by atoms with Crippen LogP contribution < -0.4 is 5.73 Å². The van der Waals surface area contributed by atoms with Gasteiger partial charge in [-0.1, -0.05) is 29.8 Å². The second-order valence-electron chi connectivity index (χ2n) is 6.01. The van der Waals surface area contributed by atoms with E-state index in [-0.39, 0.29) is 12.1 Å². The van der Waals surface area contributed by atoms with E-state index in [4.69, 9.17) is 17.3 Å². The Morgan fingerprint density at radius 2 is 1.69 bits per heavy atom. The van der Waals surface area contributed by atoms with E-state index in [2.05, 4.69) is 0 Å². The Morgan fingerprint density at radius 3 is 2.38 bits per heavy atom. The van der Waals surface area contributed by atoms with Crippen LogP contribution in [0.4, 0.5) is 8.78 Å². The molecule has 0 aliphatic heterocycles. The van der Waals surface area contributed by atoms with Crippen LogP contribution in [0.5, 0.6) is 0 Å². The normalized spacial score (nSPS) is 11.3. The summed E-state index contributed by atoms with van der Waals surface area (Å²) in [5.74, 6) is -1.83. The Morgan fingerprint density at radius 1 is 1.00 bits per heavy atom. The number of aromatic nitrogens is 1. The van der Waals surface area contributed by atoms with Crippen molar-refractivity contribution in [1.29, 1.82) is 0 Å². The Kier molecular flexibility index (Phi) is 3.89.